The van der Waals surface area contributed by atoms with E-state index in [1.165, 1.54) is 7.05 Å². The fourth-order valence-electron chi connectivity index (χ4n) is 1.41. The van der Waals surface area contributed by atoms with Crippen molar-refractivity contribution in [1.82, 2.24) is 5.32 Å². The molecular weight excluding hydrogens is 224 g/mol. The van der Waals surface area contributed by atoms with Gasteiger partial charge in [-0.05, 0) is 12.1 Å². The van der Waals surface area contributed by atoms with Gasteiger partial charge in [-0.15, -0.1) is 0 Å². The lowest BCUT2D eigenvalue weighted by Crippen LogP contribution is -2.21. The average molecular weight is 234 g/mol. The summed E-state index contributed by atoms with van der Waals surface area (Å²) in [6.45, 7) is 0.159. The maximum Gasteiger partial charge on any atom is 0.408 e. The molecule has 0 saturated heterocycles. The molecule has 17 heavy (non-hydrogen) atoms. The normalized spacial score (nSPS) is 13.6. The Morgan fingerprint density at radius 3 is 3.00 bits per heavy atom. The first kappa shape index (κ1) is 11.1. The molecule has 1 aromatic carbocycles. The van der Waals surface area contributed by atoms with Crippen molar-refractivity contribution in [3.63, 3.8) is 0 Å². The smallest absolute Gasteiger partial charge is 0.408 e. The highest BCUT2D eigenvalue weighted by Crippen LogP contribution is 2.34. The van der Waals surface area contributed by atoms with Crippen LogP contribution in [0.2, 0.25) is 0 Å². The molecule has 0 bridgehead atoms. The Labute approximate surface area is 97.7 Å². The van der Waals surface area contributed by atoms with Crippen LogP contribution in [0.1, 0.15) is 11.7 Å². The molecule has 88 valence electrons. The first-order valence-electron chi connectivity index (χ1n) is 4.92. The molecular formula is C11H10N2O4. The largest absolute Gasteiger partial charge is 0.454 e. The van der Waals surface area contributed by atoms with Crippen molar-refractivity contribution < 1.29 is 19.0 Å². The molecule has 6 nitrogen and oxygen atoms in total. The second kappa shape index (κ2) is 4.61. The predicted molar refractivity (Wildman–Crippen MR) is 56.5 cm³/mol. The van der Waals surface area contributed by atoms with E-state index in [1.807, 2.05) is 6.07 Å². The second-order valence-electron chi connectivity index (χ2n) is 3.28. The summed E-state index contributed by atoms with van der Waals surface area (Å²) < 4.78 is 15.2. The topological polar surface area (TPSA) is 80.6 Å². The predicted octanol–water partition coefficient (Wildman–Crippen LogP) is 1.34. The first-order valence-corrected chi connectivity index (χ1v) is 4.92. The molecule has 1 aliphatic heterocycles. The van der Waals surface area contributed by atoms with Crippen LogP contribution in [-0.4, -0.2) is 19.9 Å². The van der Waals surface area contributed by atoms with Crippen molar-refractivity contribution in [3.8, 4) is 17.6 Å². The van der Waals surface area contributed by atoms with Gasteiger partial charge in [0.25, 0.3) is 0 Å². The average Bonchev–Trinajstić information content (AvgIpc) is 2.82. The highest BCUT2D eigenvalue weighted by Gasteiger charge is 2.20. The van der Waals surface area contributed by atoms with Gasteiger partial charge in [-0.3, -0.25) is 0 Å². The molecule has 1 amide bonds. The van der Waals surface area contributed by atoms with Gasteiger partial charge in [0.05, 0.1) is 0 Å². The number of carbonyl (C=O) groups is 1. The maximum atomic E-state index is 11.0. The SMILES string of the molecule is CNC(=O)OC(C#N)c1ccc2c(c1)OCO2. The van der Waals surface area contributed by atoms with Crippen molar-refractivity contribution >= 4 is 6.09 Å². The first-order chi connectivity index (χ1) is 8.24. The van der Waals surface area contributed by atoms with E-state index in [0.717, 1.165) is 0 Å². The molecule has 6 heteroatoms. The van der Waals surface area contributed by atoms with Crippen LogP contribution in [0.5, 0.6) is 11.5 Å². The second-order valence-corrected chi connectivity index (χ2v) is 3.28. The number of hydrogen-bond acceptors (Lipinski definition) is 5. The number of hydrogen-bond donors (Lipinski definition) is 1. The van der Waals surface area contributed by atoms with E-state index in [9.17, 15) is 4.79 Å². The molecule has 1 unspecified atom stereocenters. The lowest BCUT2D eigenvalue weighted by atomic mass is 10.1. The third kappa shape index (κ3) is 2.23. The van der Waals surface area contributed by atoms with E-state index in [-0.39, 0.29) is 6.79 Å². The zero-order valence-corrected chi connectivity index (χ0v) is 9.10. The number of fused-ring (bicyclic) bond motifs is 1. The number of benzene rings is 1. The van der Waals surface area contributed by atoms with Crippen molar-refractivity contribution in [2.24, 2.45) is 0 Å². The summed E-state index contributed by atoms with van der Waals surface area (Å²) in [4.78, 5) is 11.0. The van der Waals surface area contributed by atoms with E-state index in [4.69, 9.17) is 19.5 Å². The van der Waals surface area contributed by atoms with Gasteiger partial charge in [0.15, 0.2) is 11.5 Å². The number of alkyl carbamates (subject to hydrolysis) is 1. The van der Waals surface area contributed by atoms with Crippen LogP contribution in [0.3, 0.4) is 0 Å². The highest BCUT2D eigenvalue weighted by atomic mass is 16.7. The molecule has 0 saturated carbocycles. The number of nitrogens with zero attached hydrogens (tertiary/aromatic N) is 1. The monoisotopic (exact) mass is 234 g/mol. The molecule has 0 radical (unpaired) electrons. The van der Waals surface area contributed by atoms with Gasteiger partial charge in [-0.1, -0.05) is 6.07 Å². The van der Waals surface area contributed by atoms with Crippen LogP contribution in [-0.2, 0) is 4.74 Å². The van der Waals surface area contributed by atoms with Crippen molar-refractivity contribution in [2.45, 2.75) is 6.10 Å². The van der Waals surface area contributed by atoms with Crippen molar-refractivity contribution in [3.05, 3.63) is 23.8 Å². The van der Waals surface area contributed by atoms with Crippen LogP contribution < -0.4 is 14.8 Å². The Balaban J connectivity index is 2.20. The molecule has 1 atom stereocenters. The van der Waals surface area contributed by atoms with Gasteiger partial charge < -0.3 is 19.5 Å². The zero-order valence-electron chi connectivity index (χ0n) is 9.10. The minimum Gasteiger partial charge on any atom is -0.454 e. The van der Waals surface area contributed by atoms with Crippen LogP contribution in [0.25, 0.3) is 0 Å². The molecule has 0 aromatic heterocycles. The minimum absolute atomic E-state index is 0.159. The zero-order chi connectivity index (χ0) is 12.3. The Hall–Kier alpha value is -2.42. The fourth-order valence-corrected chi connectivity index (χ4v) is 1.41. The lowest BCUT2D eigenvalue weighted by Gasteiger charge is -2.11. The Morgan fingerprint density at radius 2 is 2.29 bits per heavy atom. The third-order valence-electron chi connectivity index (χ3n) is 2.25. The van der Waals surface area contributed by atoms with Crippen molar-refractivity contribution in [2.75, 3.05) is 13.8 Å². The molecule has 0 fully saturated rings. The van der Waals surface area contributed by atoms with Gasteiger partial charge >= 0.3 is 6.09 Å². The summed E-state index contributed by atoms with van der Waals surface area (Å²) >= 11 is 0. The lowest BCUT2D eigenvalue weighted by molar-refractivity contribution is 0.125. The number of amides is 1. The maximum absolute atomic E-state index is 11.0. The molecule has 2 rings (SSSR count). The van der Waals surface area contributed by atoms with Crippen LogP contribution in [0.4, 0.5) is 4.79 Å². The van der Waals surface area contributed by atoms with E-state index in [1.54, 1.807) is 18.2 Å². The van der Waals surface area contributed by atoms with Gasteiger partial charge in [-0.25, -0.2) is 4.79 Å². The molecule has 0 spiro atoms. The number of nitriles is 1. The van der Waals surface area contributed by atoms with E-state index >= 15 is 0 Å². The summed E-state index contributed by atoms with van der Waals surface area (Å²) in [5, 5.41) is 11.2. The van der Waals surface area contributed by atoms with E-state index in [0.29, 0.717) is 17.1 Å². The van der Waals surface area contributed by atoms with E-state index < -0.39 is 12.2 Å². The molecule has 1 aromatic rings. The minimum atomic E-state index is -0.968. The number of rotatable bonds is 2. The summed E-state index contributed by atoms with van der Waals surface area (Å²) in [6.07, 6.45) is -1.63. The standard InChI is InChI=1S/C11H10N2O4/c1-13-11(14)17-10(5-12)7-2-3-8-9(4-7)16-6-15-8/h2-4,10H,6H2,1H3,(H,13,14). The summed E-state index contributed by atoms with van der Waals surface area (Å²) in [5.74, 6) is 1.16. The number of ether oxygens (including phenoxy) is 3. The van der Waals surface area contributed by atoms with Crippen molar-refractivity contribution in [1.29, 1.82) is 5.26 Å². The molecule has 1 aliphatic rings. The highest BCUT2D eigenvalue weighted by molar-refractivity contribution is 5.67. The van der Waals surface area contributed by atoms with Gasteiger partial charge in [0.2, 0.25) is 12.9 Å². The Kier molecular flexibility index (Phi) is 3.01. The summed E-state index contributed by atoms with van der Waals surface area (Å²) in [5.41, 5.74) is 0.542. The summed E-state index contributed by atoms with van der Waals surface area (Å²) in [6, 6.07) is 6.85. The number of nitrogens with one attached hydrogen (secondary N) is 1. The summed E-state index contributed by atoms with van der Waals surface area (Å²) in [7, 11) is 1.43. The Morgan fingerprint density at radius 1 is 1.53 bits per heavy atom. The number of carbonyl (C=O) groups excluding carboxylic acids is 1. The van der Waals surface area contributed by atoms with Gasteiger partial charge in [-0.2, -0.15) is 5.26 Å². The molecule has 1 N–H and O–H groups in total. The molecule has 0 aliphatic carbocycles. The third-order valence-corrected chi connectivity index (χ3v) is 2.25. The van der Waals surface area contributed by atoms with Crippen LogP contribution in [0, 0.1) is 11.3 Å². The van der Waals surface area contributed by atoms with E-state index in [2.05, 4.69) is 5.32 Å². The molecule has 1 heterocycles. The fraction of sp³-hybridized carbons (Fsp3) is 0.273. The van der Waals surface area contributed by atoms with Gasteiger partial charge in [0, 0.05) is 12.6 Å². The van der Waals surface area contributed by atoms with Crippen LogP contribution in [0.15, 0.2) is 18.2 Å². The quantitative estimate of drug-likeness (QED) is 0.835. The Bertz CT molecular complexity index is 481. The van der Waals surface area contributed by atoms with Crippen LogP contribution >= 0.6 is 0 Å². The van der Waals surface area contributed by atoms with Gasteiger partial charge in [0.1, 0.15) is 6.07 Å².